The number of amides is 3. The molecular formula is C32H31N3O6SSe. The third kappa shape index (κ3) is 10.5. The van der Waals surface area contributed by atoms with Crippen LogP contribution < -0.4 is 20.4 Å². The van der Waals surface area contributed by atoms with Crippen molar-refractivity contribution in [3.63, 3.8) is 0 Å². The molecule has 4 N–H and O–H groups in total. The minimum absolute atomic E-state index is 0.00870. The van der Waals surface area contributed by atoms with E-state index in [4.69, 9.17) is 9.84 Å². The average Bonchev–Trinajstić information content (AvgIpc) is 3.02. The van der Waals surface area contributed by atoms with Gasteiger partial charge in [-0.05, 0) is 10.8 Å². The molecule has 222 valence electrons. The van der Waals surface area contributed by atoms with E-state index in [0.717, 1.165) is 26.4 Å². The van der Waals surface area contributed by atoms with Crippen LogP contribution in [0.25, 0.3) is 10.8 Å². The van der Waals surface area contributed by atoms with Crippen LogP contribution in [0, 0.1) is 0 Å². The summed E-state index contributed by atoms with van der Waals surface area (Å²) in [6, 6.07) is 30.4. The van der Waals surface area contributed by atoms with Crippen LogP contribution in [0.15, 0.2) is 103 Å². The molecule has 0 heterocycles. The predicted molar refractivity (Wildman–Crippen MR) is 168 cm³/mol. The number of carboxylic acid groups (broad SMARTS) is 1. The number of aliphatic carboxylic acids is 1. The molecule has 0 spiro atoms. The van der Waals surface area contributed by atoms with Crippen molar-refractivity contribution in [3.8, 4) is 0 Å². The molecule has 9 nitrogen and oxygen atoms in total. The van der Waals surface area contributed by atoms with Gasteiger partial charge in [0.25, 0.3) is 0 Å². The summed E-state index contributed by atoms with van der Waals surface area (Å²) in [6.07, 6.45) is -0.625. The minimum atomic E-state index is -1.20. The number of nitrogens with one attached hydrogen (secondary N) is 3. The van der Waals surface area contributed by atoms with E-state index < -0.39 is 42.5 Å². The van der Waals surface area contributed by atoms with Crippen LogP contribution in [0.1, 0.15) is 11.1 Å². The zero-order valence-electron chi connectivity index (χ0n) is 23.1. The summed E-state index contributed by atoms with van der Waals surface area (Å²) in [5.41, 5.74) is 1.59. The molecule has 0 aromatic heterocycles. The van der Waals surface area contributed by atoms with E-state index in [-0.39, 0.29) is 32.6 Å². The average molecular weight is 665 g/mol. The molecule has 3 amide bonds. The number of hydrogen-bond acceptors (Lipinski definition) is 6. The van der Waals surface area contributed by atoms with Gasteiger partial charge in [-0.1, -0.05) is 30.3 Å². The van der Waals surface area contributed by atoms with E-state index in [2.05, 4.69) is 16.0 Å². The van der Waals surface area contributed by atoms with Crippen LogP contribution >= 0.6 is 10.2 Å². The van der Waals surface area contributed by atoms with Crippen LogP contribution in [0.4, 0.5) is 4.79 Å². The summed E-state index contributed by atoms with van der Waals surface area (Å²) in [4.78, 5) is 50.3. The topological polar surface area (TPSA) is 134 Å². The number of carbonyl (C=O) groups excluding carboxylic acids is 3. The predicted octanol–water partition coefficient (Wildman–Crippen LogP) is 3.04. The summed E-state index contributed by atoms with van der Waals surface area (Å²) in [5, 5.41) is 18.8. The van der Waals surface area contributed by atoms with E-state index in [1.807, 2.05) is 103 Å². The molecule has 0 bridgehead atoms. The molecule has 11 heteroatoms. The molecule has 0 radical (unpaired) electrons. The number of ether oxygens (including phenoxy) is 1. The maximum atomic E-state index is 13.5. The summed E-state index contributed by atoms with van der Waals surface area (Å²) < 4.78 is 6.56. The van der Waals surface area contributed by atoms with Gasteiger partial charge in [-0.25, -0.2) is 0 Å². The number of carboxylic acids is 1. The Morgan fingerprint density at radius 3 is 2.14 bits per heavy atom. The molecule has 0 aliphatic heterocycles. The zero-order chi connectivity index (χ0) is 30.4. The molecule has 0 aliphatic rings. The van der Waals surface area contributed by atoms with Gasteiger partial charge < -0.3 is 0 Å². The van der Waals surface area contributed by atoms with Crippen molar-refractivity contribution in [1.29, 1.82) is 0 Å². The van der Waals surface area contributed by atoms with Crippen LogP contribution in [0.2, 0.25) is 0 Å². The van der Waals surface area contributed by atoms with Crippen molar-refractivity contribution in [2.45, 2.75) is 25.1 Å². The van der Waals surface area contributed by atoms with Gasteiger partial charge in [-0.2, -0.15) is 0 Å². The van der Waals surface area contributed by atoms with Gasteiger partial charge in [0.05, 0.1) is 0 Å². The van der Waals surface area contributed by atoms with Crippen molar-refractivity contribution in [3.05, 3.63) is 114 Å². The number of carbonyl (C=O) groups is 4. The Balaban J connectivity index is 1.42. The van der Waals surface area contributed by atoms with E-state index in [1.165, 1.54) is 10.2 Å². The molecule has 4 aromatic carbocycles. The van der Waals surface area contributed by atoms with Crippen molar-refractivity contribution in [2.75, 3.05) is 12.3 Å². The molecule has 0 saturated heterocycles. The Labute approximate surface area is 259 Å². The first-order valence-electron chi connectivity index (χ1n) is 13.5. The maximum absolute atomic E-state index is 13.5. The Kier molecular flexibility index (Phi) is 12.0. The Hall–Kier alpha value is -4.31. The fourth-order valence-corrected chi connectivity index (χ4v) is 7.96. The number of alkyl carbamates (subject to hydrolysis) is 1. The van der Waals surface area contributed by atoms with Gasteiger partial charge in [0, 0.05) is 0 Å². The SMILES string of the molecule is O=C(O)CNC(=O)[C@H](CS[Se]c1ccccc1)NC(=O)[C@H](Cc1ccccc1)NC(=O)OCc1ccc2ccccc2c1. The quantitative estimate of drug-likeness (QED) is 0.152. The monoisotopic (exact) mass is 665 g/mol. The zero-order valence-corrected chi connectivity index (χ0v) is 25.6. The molecule has 4 rings (SSSR count). The Bertz CT molecular complexity index is 1540. The molecule has 2 atom stereocenters. The van der Waals surface area contributed by atoms with Gasteiger partial charge in [0.15, 0.2) is 0 Å². The van der Waals surface area contributed by atoms with Crippen LogP contribution in [0.5, 0.6) is 0 Å². The van der Waals surface area contributed by atoms with Gasteiger partial charge in [-0.3, -0.25) is 0 Å². The standard InChI is InChI=1S/C32H31N3O6SSe/c36-29(37)19-33-30(38)28(21-42-43-26-13-5-2-6-14-26)34-31(39)27(18-22-9-3-1-4-10-22)35-32(40)41-20-23-15-16-24-11-7-8-12-25(24)17-23/h1-17,27-28H,18-21H2,(H,33,38)(H,34,39)(H,35,40)(H,36,37)/t27-,28-/m0/s1. The number of rotatable bonds is 14. The van der Waals surface area contributed by atoms with Gasteiger partial charge in [0.1, 0.15) is 0 Å². The number of benzene rings is 4. The molecule has 0 unspecified atom stereocenters. The first-order chi connectivity index (χ1) is 20.9. The van der Waals surface area contributed by atoms with E-state index >= 15 is 0 Å². The van der Waals surface area contributed by atoms with Crippen LogP contribution in [-0.2, 0) is 32.1 Å². The van der Waals surface area contributed by atoms with Crippen LogP contribution in [-0.4, -0.2) is 67.2 Å². The summed E-state index contributed by atoms with van der Waals surface area (Å²) in [5.74, 6) is -2.19. The summed E-state index contributed by atoms with van der Waals surface area (Å²) >= 11 is -0.0361. The fraction of sp³-hybridized carbons (Fsp3) is 0.188. The fourth-order valence-electron chi connectivity index (χ4n) is 4.11. The summed E-state index contributed by atoms with van der Waals surface area (Å²) in [6.45, 7) is -0.568. The van der Waals surface area contributed by atoms with E-state index in [1.54, 1.807) is 0 Å². The van der Waals surface area contributed by atoms with Crippen molar-refractivity contribution >= 4 is 63.1 Å². The van der Waals surface area contributed by atoms with Crippen molar-refractivity contribution in [1.82, 2.24) is 16.0 Å². The smallest absolute Gasteiger partial charge is 0.0616 e. The molecule has 0 fully saturated rings. The number of hydrogen-bond donors (Lipinski definition) is 4. The van der Waals surface area contributed by atoms with E-state index in [9.17, 15) is 19.2 Å². The second kappa shape index (κ2) is 16.4. The van der Waals surface area contributed by atoms with Gasteiger partial charge in [0.2, 0.25) is 0 Å². The first-order valence-corrected chi connectivity index (χ1v) is 17.3. The Morgan fingerprint density at radius 2 is 1.42 bits per heavy atom. The second-order valence-electron chi connectivity index (χ2n) is 9.50. The number of fused-ring (bicyclic) bond motifs is 1. The molecule has 0 saturated carbocycles. The Morgan fingerprint density at radius 1 is 0.744 bits per heavy atom. The molecular weight excluding hydrogens is 633 g/mol. The van der Waals surface area contributed by atoms with Crippen LogP contribution in [0.3, 0.4) is 0 Å². The van der Waals surface area contributed by atoms with Gasteiger partial charge >= 0.3 is 219 Å². The third-order valence-electron chi connectivity index (χ3n) is 6.25. The molecule has 4 aromatic rings. The van der Waals surface area contributed by atoms with Crippen molar-refractivity contribution in [2.24, 2.45) is 0 Å². The second-order valence-corrected chi connectivity index (χ2v) is 13.8. The normalized spacial score (nSPS) is 12.1. The van der Waals surface area contributed by atoms with Gasteiger partial charge in [-0.15, -0.1) is 0 Å². The molecule has 43 heavy (non-hydrogen) atoms. The first kappa shape index (κ1) is 31.6. The van der Waals surface area contributed by atoms with E-state index in [0.29, 0.717) is 0 Å². The summed E-state index contributed by atoms with van der Waals surface area (Å²) in [7, 11) is 1.48. The minimum Gasteiger partial charge on any atom is -0.0616 e. The molecule has 0 aliphatic carbocycles. The van der Waals surface area contributed by atoms with Crippen molar-refractivity contribution < 1.29 is 29.0 Å². The third-order valence-corrected chi connectivity index (χ3v) is 10.4.